The smallest absolute Gasteiger partial charge is 0.242 e. The molecule has 0 unspecified atom stereocenters. The minimum Gasteiger partial charge on any atom is -0.392 e. The van der Waals surface area contributed by atoms with Gasteiger partial charge < -0.3 is 5.73 Å². The highest BCUT2D eigenvalue weighted by Gasteiger charge is 2.41. The van der Waals surface area contributed by atoms with Crippen LogP contribution in [0.1, 0.15) is 25.7 Å². The van der Waals surface area contributed by atoms with Crippen molar-refractivity contribution in [2.45, 2.75) is 36.1 Å². The van der Waals surface area contributed by atoms with Gasteiger partial charge in [-0.1, -0.05) is 48.3 Å². The fourth-order valence-corrected chi connectivity index (χ4v) is 4.90. The molecule has 1 aromatic rings. The van der Waals surface area contributed by atoms with E-state index >= 15 is 0 Å². The van der Waals surface area contributed by atoms with Crippen molar-refractivity contribution in [2.24, 2.45) is 5.73 Å². The molecule has 1 aromatic carbocycles. The fraction of sp³-hybridized carbons (Fsp3) is 0.417. The first kappa shape index (κ1) is 16.0. The first-order valence-corrected chi connectivity index (χ1v) is 8.70. The number of nitrogens with one attached hydrogen (secondary N) is 1. The number of benzene rings is 1. The molecule has 2 rings (SSSR count). The average molecular weight is 353 g/mol. The van der Waals surface area contributed by atoms with E-state index in [4.69, 9.17) is 41.2 Å². The Balaban J connectivity index is 2.40. The molecule has 0 spiro atoms. The normalized spacial score (nSPS) is 18.1. The lowest BCUT2D eigenvalue weighted by atomic mass is 10.00. The summed E-state index contributed by atoms with van der Waals surface area (Å²) in [5.41, 5.74) is 4.87. The second-order valence-corrected chi connectivity index (χ2v) is 7.77. The summed E-state index contributed by atoms with van der Waals surface area (Å²) in [7, 11) is -3.83. The van der Waals surface area contributed by atoms with E-state index < -0.39 is 15.6 Å². The number of hydrogen-bond donors (Lipinski definition) is 2. The van der Waals surface area contributed by atoms with Crippen molar-refractivity contribution >= 4 is 50.4 Å². The quantitative estimate of drug-likeness (QED) is 0.817. The fourth-order valence-electron chi connectivity index (χ4n) is 2.37. The van der Waals surface area contributed by atoms with Gasteiger partial charge in [-0.05, 0) is 31.0 Å². The van der Waals surface area contributed by atoms with Crippen molar-refractivity contribution in [1.29, 1.82) is 0 Å². The van der Waals surface area contributed by atoms with Gasteiger partial charge >= 0.3 is 0 Å². The monoisotopic (exact) mass is 352 g/mol. The molecule has 4 nitrogen and oxygen atoms in total. The third-order valence-electron chi connectivity index (χ3n) is 3.44. The molecule has 3 N–H and O–H groups in total. The maximum absolute atomic E-state index is 12.5. The van der Waals surface area contributed by atoms with E-state index in [1.165, 1.54) is 18.2 Å². The van der Waals surface area contributed by atoms with E-state index in [0.29, 0.717) is 17.9 Å². The minimum absolute atomic E-state index is 0.0609. The molecule has 0 amide bonds. The van der Waals surface area contributed by atoms with E-state index in [1.54, 1.807) is 0 Å². The Hall–Kier alpha value is -0.400. The van der Waals surface area contributed by atoms with E-state index in [9.17, 15) is 8.42 Å². The number of sulfonamides is 1. The highest BCUT2D eigenvalue weighted by molar-refractivity contribution is 7.89. The average Bonchev–Trinajstić information content (AvgIpc) is 2.81. The van der Waals surface area contributed by atoms with Crippen molar-refractivity contribution in [1.82, 2.24) is 4.72 Å². The van der Waals surface area contributed by atoms with Gasteiger partial charge in [0.25, 0.3) is 0 Å². The molecule has 0 saturated heterocycles. The van der Waals surface area contributed by atoms with Crippen molar-refractivity contribution < 1.29 is 8.42 Å². The van der Waals surface area contributed by atoms with Crippen molar-refractivity contribution in [2.75, 3.05) is 0 Å². The zero-order valence-corrected chi connectivity index (χ0v) is 13.7. The molecule has 0 bridgehead atoms. The topological polar surface area (TPSA) is 72.2 Å². The summed E-state index contributed by atoms with van der Waals surface area (Å²) in [5.74, 6) is 0. The first-order valence-electron chi connectivity index (χ1n) is 6.06. The molecular formula is C12H14Cl2N2O2S2. The Morgan fingerprint density at radius 3 is 2.45 bits per heavy atom. The number of nitrogens with two attached hydrogens (primary N) is 1. The van der Waals surface area contributed by atoms with Crippen LogP contribution in [0.25, 0.3) is 0 Å². The summed E-state index contributed by atoms with van der Waals surface area (Å²) >= 11 is 16.8. The Morgan fingerprint density at radius 1 is 1.30 bits per heavy atom. The molecule has 0 heterocycles. The highest BCUT2D eigenvalue weighted by atomic mass is 35.5. The number of halogens is 2. The molecule has 0 atom stereocenters. The number of hydrogen-bond acceptors (Lipinski definition) is 3. The van der Waals surface area contributed by atoms with Gasteiger partial charge in [-0.15, -0.1) is 0 Å². The molecule has 20 heavy (non-hydrogen) atoms. The van der Waals surface area contributed by atoms with E-state index in [0.717, 1.165) is 12.8 Å². The van der Waals surface area contributed by atoms with Gasteiger partial charge in [-0.25, -0.2) is 8.42 Å². The van der Waals surface area contributed by atoms with Crippen LogP contribution in [0, 0.1) is 0 Å². The molecule has 0 aliphatic heterocycles. The van der Waals surface area contributed by atoms with Gasteiger partial charge in [-0.2, -0.15) is 4.72 Å². The molecule has 110 valence electrons. The van der Waals surface area contributed by atoms with E-state index in [-0.39, 0.29) is 14.9 Å². The molecule has 8 heteroatoms. The lowest BCUT2D eigenvalue weighted by Crippen LogP contribution is -2.54. The van der Waals surface area contributed by atoms with E-state index in [1.807, 2.05) is 0 Å². The van der Waals surface area contributed by atoms with Gasteiger partial charge in [0.15, 0.2) is 0 Å². The van der Waals surface area contributed by atoms with Crippen LogP contribution in [0.3, 0.4) is 0 Å². The summed E-state index contributed by atoms with van der Waals surface area (Å²) < 4.78 is 27.6. The van der Waals surface area contributed by atoms with Crippen LogP contribution in [0.4, 0.5) is 0 Å². The van der Waals surface area contributed by atoms with E-state index in [2.05, 4.69) is 4.72 Å². The van der Waals surface area contributed by atoms with Gasteiger partial charge in [0.2, 0.25) is 10.0 Å². The Labute approximate surface area is 133 Å². The third-order valence-corrected chi connectivity index (χ3v) is 6.09. The number of thiocarbonyl (C=S) groups is 1. The lowest BCUT2D eigenvalue weighted by molar-refractivity contribution is 0.503. The van der Waals surface area contributed by atoms with Crippen LogP contribution >= 0.6 is 35.4 Å². The first-order chi connectivity index (χ1) is 9.27. The van der Waals surface area contributed by atoms with Crippen LogP contribution < -0.4 is 10.5 Å². The second-order valence-electron chi connectivity index (χ2n) is 4.83. The maximum Gasteiger partial charge on any atom is 0.242 e. The van der Waals surface area contributed by atoms with Gasteiger partial charge in [-0.3, -0.25) is 0 Å². The van der Waals surface area contributed by atoms with Crippen molar-refractivity contribution in [3.8, 4) is 0 Å². The third kappa shape index (κ3) is 3.09. The lowest BCUT2D eigenvalue weighted by Gasteiger charge is -2.28. The predicted octanol–water partition coefficient (Wildman–Crippen LogP) is 2.87. The molecule has 1 saturated carbocycles. The zero-order valence-electron chi connectivity index (χ0n) is 10.5. The molecule has 1 fully saturated rings. The SMILES string of the molecule is NC(=S)C1(NS(=O)(=O)c2cc(Cl)ccc2Cl)CCCC1. The Kier molecular flexibility index (Phi) is 4.61. The molecular weight excluding hydrogens is 339 g/mol. The summed E-state index contributed by atoms with van der Waals surface area (Å²) in [5, 5.41) is 0.406. The largest absolute Gasteiger partial charge is 0.392 e. The van der Waals surface area contributed by atoms with Crippen LogP contribution in [-0.2, 0) is 10.0 Å². The van der Waals surface area contributed by atoms with Crippen LogP contribution in [0.2, 0.25) is 10.0 Å². The maximum atomic E-state index is 12.5. The van der Waals surface area contributed by atoms with Gasteiger partial charge in [0, 0.05) is 5.02 Å². The molecule has 1 aliphatic carbocycles. The van der Waals surface area contributed by atoms with Crippen molar-refractivity contribution in [3.63, 3.8) is 0 Å². The van der Waals surface area contributed by atoms with Crippen molar-refractivity contribution in [3.05, 3.63) is 28.2 Å². The summed E-state index contributed by atoms with van der Waals surface area (Å²) in [4.78, 5) is 0.103. The van der Waals surface area contributed by atoms with Gasteiger partial charge in [0.1, 0.15) is 4.90 Å². The summed E-state index contributed by atoms with van der Waals surface area (Å²) in [6, 6.07) is 4.29. The van der Waals surface area contributed by atoms with Crippen LogP contribution in [0.15, 0.2) is 23.1 Å². The standard InChI is InChI=1S/C12H14Cl2N2O2S2/c13-8-3-4-9(14)10(7-8)20(17,18)16-12(11(15)19)5-1-2-6-12/h3-4,7,16H,1-2,5-6H2,(H2,15,19). The molecule has 1 aliphatic rings. The highest BCUT2D eigenvalue weighted by Crippen LogP contribution is 2.33. The zero-order chi connectivity index (χ0) is 15.0. The predicted molar refractivity (Wildman–Crippen MR) is 84.8 cm³/mol. The number of rotatable bonds is 4. The second kappa shape index (κ2) is 5.77. The Morgan fingerprint density at radius 2 is 1.90 bits per heavy atom. The Bertz CT molecular complexity index is 641. The van der Waals surface area contributed by atoms with Crippen LogP contribution in [-0.4, -0.2) is 18.9 Å². The molecule has 0 aromatic heterocycles. The van der Waals surface area contributed by atoms with Crippen LogP contribution in [0.5, 0.6) is 0 Å². The van der Waals surface area contributed by atoms with Gasteiger partial charge in [0.05, 0.1) is 15.6 Å². The minimum atomic E-state index is -3.83. The summed E-state index contributed by atoms with van der Waals surface area (Å²) in [6.45, 7) is 0. The summed E-state index contributed by atoms with van der Waals surface area (Å²) in [6.07, 6.45) is 2.95. The molecule has 0 radical (unpaired) electrons.